The maximum Gasteiger partial charge on any atom is 0.256 e. The van der Waals surface area contributed by atoms with Crippen LogP contribution in [0.1, 0.15) is 27.2 Å². The van der Waals surface area contributed by atoms with Gasteiger partial charge in [0.15, 0.2) is 0 Å². The van der Waals surface area contributed by atoms with Crippen LogP contribution in [0.5, 0.6) is 0 Å². The SMILES string of the molecule is O=C(c1ccc(Cl)cc1Cl)N(Cc1ccccc1)Cc1cccn1Cc1ccc(F)cc1. The number of rotatable bonds is 7. The van der Waals surface area contributed by atoms with Gasteiger partial charge in [0.05, 0.1) is 17.1 Å². The van der Waals surface area contributed by atoms with Crippen molar-refractivity contribution in [3.63, 3.8) is 0 Å². The monoisotopic (exact) mass is 466 g/mol. The molecular weight excluding hydrogens is 446 g/mol. The lowest BCUT2D eigenvalue weighted by atomic mass is 10.1. The zero-order valence-corrected chi connectivity index (χ0v) is 18.7. The first-order valence-electron chi connectivity index (χ1n) is 10.2. The van der Waals surface area contributed by atoms with Crippen molar-refractivity contribution in [3.8, 4) is 0 Å². The first-order valence-corrected chi connectivity index (χ1v) is 10.9. The summed E-state index contributed by atoms with van der Waals surface area (Å²) in [6.07, 6.45) is 1.96. The number of benzene rings is 3. The third-order valence-electron chi connectivity index (χ3n) is 5.21. The van der Waals surface area contributed by atoms with Gasteiger partial charge in [0.25, 0.3) is 5.91 Å². The zero-order valence-electron chi connectivity index (χ0n) is 17.2. The van der Waals surface area contributed by atoms with Gasteiger partial charge in [-0.1, -0.05) is 65.7 Å². The molecule has 0 fully saturated rings. The van der Waals surface area contributed by atoms with Gasteiger partial charge in [-0.25, -0.2) is 4.39 Å². The van der Waals surface area contributed by atoms with Crippen molar-refractivity contribution in [2.75, 3.05) is 0 Å². The minimum Gasteiger partial charge on any atom is -0.345 e. The predicted molar refractivity (Wildman–Crippen MR) is 126 cm³/mol. The van der Waals surface area contributed by atoms with E-state index in [1.807, 2.05) is 48.7 Å². The average Bonchev–Trinajstić information content (AvgIpc) is 3.22. The van der Waals surface area contributed by atoms with Crippen LogP contribution in [0.4, 0.5) is 4.39 Å². The average molecular weight is 467 g/mol. The molecule has 0 unspecified atom stereocenters. The summed E-state index contributed by atoms with van der Waals surface area (Å²) >= 11 is 12.4. The quantitative estimate of drug-likeness (QED) is 0.293. The van der Waals surface area contributed by atoms with Crippen molar-refractivity contribution in [2.45, 2.75) is 19.6 Å². The van der Waals surface area contributed by atoms with Crippen LogP contribution in [-0.4, -0.2) is 15.4 Å². The third kappa shape index (κ3) is 5.39. The van der Waals surface area contributed by atoms with Gasteiger partial charge in [0.2, 0.25) is 0 Å². The topological polar surface area (TPSA) is 25.2 Å². The molecule has 1 heterocycles. The van der Waals surface area contributed by atoms with Crippen LogP contribution in [0.25, 0.3) is 0 Å². The summed E-state index contributed by atoms with van der Waals surface area (Å²) in [6, 6.07) is 25.1. The predicted octanol–water partition coefficient (Wildman–Crippen LogP) is 6.82. The Labute approximate surface area is 196 Å². The molecule has 1 aromatic heterocycles. The molecular formula is C26H21Cl2FN2O. The van der Waals surface area contributed by atoms with Gasteiger partial charge in [0.1, 0.15) is 5.82 Å². The second-order valence-corrected chi connectivity index (χ2v) is 8.37. The van der Waals surface area contributed by atoms with Gasteiger partial charge in [-0.2, -0.15) is 0 Å². The van der Waals surface area contributed by atoms with Crippen molar-refractivity contribution in [2.24, 2.45) is 0 Å². The number of hydrogen-bond donors (Lipinski definition) is 0. The number of hydrogen-bond acceptors (Lipinski definition) is 1. The van der Waals surface area contributed by atoms with E-state index >= 15 is 0 Å². The Hall–Kier alpha value is -3.08. The second-order valence-electron chi connectivity index (χ2n) is 7.52. The molecule has 0 bridgehead atoms. The molecule has 0 aliphatic carbocycles. The minimum absolute atomic E-state index is 0.176. The standard InChI is InChI=1S/C26H21Cl2FN2O/c27-21-10-13-24(25(28)15-21)26(32)31(17-19-5-2-1-3-6-19)18-23-7-4-14-30(23)16-20-8-11-22(29)12-9-20/h1-15H,16-18H2. The van der Waals surface area contributed by atoms with Crippen LogP contribution in [-0.2, 0) is 19.6 Å². The molecule has 3 nitrogen and oxygen atoms in total. The molecule has 0 radical (unpaired) electrons. The lowest BCUT2D eigenvalue weighted by Gasteiger charge is -2.24. The number of carbonyl (C=O) groups excluding carboxylic acids is 1. The van der Waals surface area contributed by atoms with Crippen LogP contribution < -0.4 is 0 Å². The first kappa shape index (κ1) is 22.1. The first-order chi connectivity index (χ1) is 15.5. The largest absolute Gasteiger partial charge is 0.345 e. The Kier molecular flexibility index (Phi) is 6.93. The highest BCUT2D eigenvalue weighted by molar-refractivity contribution is 6.36. The Bertz CT molecular complexity index is 1210. The number of aromatic nitrogens is 1. The van der Waals surface area contributed by atoms with E-state index in [4.69, 9.17) is 23.2 Å². The van der Waals surface area contributed by atoms with Gasteiger partial charge in [0, 0.05) is 30.0 Å². The Morgan fingerprint density at radius 1 is 0.844 bits per heavy atom. The minimum atomic E-state index is -0.263. The molecule has 0 atom stereocenters. The van der Waals surface area contributed by atoms with E-state index in [9.17, 15) is 9.18 Å². The van der Waals surface area contributed by atoms with E-state index in [-0.39, 0.29) is 11.7 Å². The fraction of sp³-hybridized carbons (Fsp3) is 0.115. The van der Waals surface area contributed by atoms with Crippen LogP contribution >= 0.6 is 23.2 Å². The highest BCUT2D eigenvalue weighted by Gasteiger charge is 2.20. The highest BCUT2D eigenvalue weighted by atomic mass is 35.5. The van der Waals surface area contributed by atoms with E-state index in [1.165, 1.54) is 12.1 Å². The molecule has 6 heteroatoms. The van der Waals surface area contributed by atoms with Crippen molar-refractivity contribution in [1.29, 1.82) is 0 Å². The molecule has 162 valence electrons. The summed E-state index contributed by atoms with van der Waals surface area (Å²) in [5.41, 5.74) is 3.36. The van der Waals surface area contributed by atoms with Crippen molar-refractivity contribution >= 4 is 29.1 Å². The zero-order chi connectivity index (χ0) is 22.5. The maximum atomic E-state index is 13.5. The lowest BCUT2D eigenvalue weighted by Crippen LogP contribution is -2.31. The Morgan fingerprint density at radius 3 is 2.31 bits per heavy atom. The fourth-order valence-electron chi connectivity index (χ4n) is 3.57. The van der Waals surface area contributed by atoms with Gasteiger partial charge in [-0.05, 0) is 53.6 Å². The van der Waals surface area contributed by atoms with Crippen LogP contribution in [0, 0.1) is 5.82 Å². The van der Waals surface area contributed by atoms with Crippen molar-refractivity contribution in [1.82, 2.24) is 9.47 Å². The Morgan fingerprint density at radius 2 is 1.59 bits per heavy atom. The normalized spacial score (nSPS) is 10.8. The molecule has 3 aromatic carbocycles. The summed E-state index contributed by atoms with van der Waals surface area (Å²) < 4.78 is 15.3. The maximum absolute atomic E-state index is 13.5. The molecule has 1 amide bonds. The molecule has 0 saturated heterocycles. The molecule has 32 heavy (non-hydrogen) atoms. The summed E-state index contributed by atoms with van der Waals surface area (Å²) in [7, 11) is 0. The van der Waals surface area contributed by atoms with Crippen LogP contribution in [0.3, 0.4) is 0 Å². The van der Waals surface area contributed by atoms with Gasteiger partial charge in [-0.3, -0.25) is 4.79 Å². The molecule has 0 N–H and O–H groups in total. The Balaban J connectivity index is 1.62. The molecule has 0 saturated carbocycles. The van der Waals surface area contributed by atoms with Gasteiger partial charge < -0.3 is 9.47 Å². The fourth-order valence-corrected chi connectivity index (χ4v) is 4.06. The lowest BCUT2D eigenvalue weighted by molar-refractivity contribution is 0.0726. The van der Waals surface area contributed by atoms with E-state index in [0.717, 1.165) is 16.8 Å². The van der Waals surface area contributed by atoms with E-state index in [2.05, 4.69) is 4.57 Å². The number of carbonyl (C=O) groups is 1. The van der Waals surface area contributed by atoms with Crippen LogP contribution in [0.2, 0.25) is 10.0 Å². The molecule has 0 aliphatic heterocycles. The summed E-state index contributed by atoms with van der Waals surface area (Å²) in [6.45, 7) is 1.40. The van der Waals surface area contributed by atoms with E-state index in [0.29, 0.717) is 35.2 Å². The van der Waals surface area contributed by atoms with Crippen molar-refractivity contribution in [3.05, 3.63) is 129 Å². The van der Waals surface area contributed by atoms with E-state index < -0.39 is 0 Å². The number of amides is 1. The molecule has 0 spiro atoms. The summed E-state index contributed by atoms with van der Waals surface area (Å²) in [5.74, 6) is -0.439. The summed E-state index contributed by atoms with van der Waals surface area (Å²) in [5, 5.41) is 0.802. The molecule has 4 rings (SSSR count). The van der Waals surface area contributed by atoms with E-state index in [1.54, 1.807) is 35.2 Å². The number of halogens is 3. The van der Waals surface area contributed by atoms with Crippen molar-refractivity contribution < 1.29 is 9.18 Å². The smallest absolute Gasteiger partial charge is 0.256 e. The highest BCUT2D eigenvalue weighted by Crippen LogP contribution is 2.24. The second kappa shape index (κ2) is 10.0. The number of nitrogens with zero attached hydrogens (tertiary/aromatic N) is 2. The molecule has 0 aliphatic rings. The van der Waals surface area contributed by atoms with Crippen LogP contribution in [0.15, 0.2) is 91.1 Å². The van der Waals surface area contributed by atoms with Gasteiger partial charge >= 0.3 is 0 Å². The van der Waals surface area contributed by atoms with Gasteiger partial charge in [-0.15, -0.1) is 0 Å². The molecule has 4 aromatic rings. The summed E-state index contributed by atoms with van der Waals surface area (Å²) in [4.78, 5) is 15.2. The third-order valence-corrected chi connectivity index (χ3v) is 5.76.